The van der Waals surface area contributed by atoms with Crippen LogP contribution < -0.4 is 5.32 Å². The Morgan fingerprint density at radius 1 is 1.29 bits per heavy atom. The van der Waals surface area contributed by atoms with Crippen molar-refractivity contribution >= 4 is 22.9 Å². The highest BCUT2D eigenvalue weighted by Crippen LogP contribution is 2.29. The minimum absolute atomic E-state index is 0.192. The van der Waals surface area contributed by atoms with Gasteiger partial charge in [0.15, 0.2) is 0 Å². The summed E-state index contributed by atoms with van der Waals surface area (Å²) >= 11 is 0. The molecule has 9 heteroatoms. The average molecular weight is 337 g/mol. The van der Waals surface area contributed by atoms with E-state index in [1.54, 1.807) is 17.7 Å². The molecule has 2 aromatic heterocycles. The Balaban J connectivity index is 1.82. The molecule has 0 bridgehead atoms. The van der Waals surface area contributed by atoms with Gasteiger partial charge in [-0.05, 0) is 25.1 Å². The molecule has 0 fully saturated rings. The molecule has 0 spiro atoms. The summed E-state index contributed by atoms with van der Waals surface area (Å²) in [6.45, 7) is 0.890. The number of rotatable bonds is 3. The fourth-order valence-corrected chi connectivity index (χ4v) is 2.45. The number of carbonyl (C=O) groups excluding carboxylic acids is 1. The van der Waals surface area contributed by atoms with Gasteiger partial charge in [-0.2, -0.15) is 18.3 Å². The zero-order chi connectivity index (χ0) is 17.5. The Morgan fingerprint density at radius 2 is 2.00 bits per heavy atom. The summed E-state index contributed by atoms with van der Waals surface area (Å²) in [6.07, 6.45) is -4.57. The van der Waals surface area contributed by atoms with Gasteiger partial charge in [0.2, 0.25) is 11.9 Å². The Morgan fingerprint density at radius 3 is 2.67 bits per heavy atom. The number of nitrogens with one attached hydrogen (secondary N) is 1. The van der Waals surface area contributed by atoms with E-state index in [-0.39, 0.29) is 11.6 Å². The van der Waals surface area contributed by atoms with Gasteiger partial charge in [0.1, 0.15) is 12.2 Å². The summed E-state index contributed by atoms with van der Waals surface area (Å²) in [7, 11) is 1.71. The number of halogens is 3. The third-order valence-electron chi connectivity index (χ3n) is 3.52. The molecule has 0 aliphatic rings. The molecule has 6 nitrogen and oxygen atoms in total. The van der Waals surface area contributed by atoms with Gasteiger partial charge in [-0.3, -0.25) is 14.8 Å². The lowest BCUT2D eigenvalue weighted by atomic mass is 10.3. The van der Waals surface area contributed by atoms with E-state index >= 15 is 0 Å². The number of amides is 1. The molecule has 0 unspecified atom stereocenters. The van der Waals surface area contributed by atoms with Gasteiger partial charge in [0.05, 0.1) is 16.7 Å². The summed E-state index contributed by atoms with van der Waals surface area (Å²) in [5.74, 6) is -0.374. The van der Waals surface area contributed by atoms with Gasteiger partial charge >= 0.3 is 6.18 Å². The Kier molecular flexibility index (Phi) is 3.78. The molecule has 2 heterocycles. The third kappa shape index (κ3) is 2.97. The first-order valence-corrected chi connectivity index (χ1v) is 7.08. The molecule has 1 aromatic carbocycles. The molecule has 0 aliphatic carbocycles. The van der Waals surface area contributed by atoms with Crippen LogP contribution in [0, 0.1) is 6.92 Å². The van der Waals surface area contributed by atoms with E-state index in [2.05, 4.69) is 15.4 Å². The van der Waals surface area contributed by atoms with E-state index in [1.807, 2.05) is 18.2 Å². The number of benzene rings is 1. The maximum Gasteiger partial charge on any atom is 0.433 e. The number of aryl methyl sites for hydroxylation is 2. The van der Waals surface area contributed by atoms with Crippen LogP contribution >= 0.6 is 0 Å². The molecule has 0 saturated carbocycles. The highest BCUT2D eigenvalue weighted by atomic mass is 19.4. The van der Waals surface area contributed by atoms with Crippen molar-refractivity contribution in [2.45, 2.75) is 19.6 Å². The topological polar surface area (TPSA) is 64.7 Å². The van der Waals surface area contributed by atoms with Gasteiger partial charge in [-0.25, -0.2) is 4.98 Å². The number of alkyl halides is 3. The fraction of sp³-hybridized carbons (Fsp3) is 0.267. The van der Waals surface area contributed by atoms with E-state index in [9.17, 15) is 18.0 Å². The van der Waals surface area contributed by atoms with Crippen LogP contribution in [0.2, 0.25) is 0 Å². The lowest BCUT2D eigenvalue weighted by Crippen LogP contribution is -2.24. The second kappa shape index (κ2) is 5.66. The van der Waals surface area contributed by atoms with Crippen LogP contribution in [-0.2, 0) is 24.6 Å². The molecular weight excluding hydrogens is 323 g/mol. The number of fused-ring (bicyclic) bond motifs is 1. The van der Waals surface area contributed by atoms with Crippen molar-refractivity contribution in [3.05, 3.63) is 41.7 Å². The Bertz CT molecular complexity index is 910. The molecule has 126 valence electrons. The predicted octanol–water partition coefficient (Wildman–Crippen LogP) is 2.74. The van der Waals surface area contributed by atoms with Crippen LogP contribution in [0.5, 0.6) is 0 Å². The average Bonchev–Trinajstić information content (AvgIpc) is 3.00. The molecule has 0 aliphatic heterocycles. The summed E-state index contributed by atoms with van der Waals surface area (Å²) in [5.41, 5.74) is 0.720. The van der Waals surface area contributed by atoms with E-state index < -0.39 is 24.3 Å². The number of para-hydroxylation sites is 2. The number of aromatic nitrogens is 4. The van der Waals surface area contributed by atoms with E-state index in [1.165, 1.54) is 6.92 Å². The van der Waals surface area contributed by atoms with Crippen molar-refractivity contribution in [3.8, 4) is 0 Å². The van der Waals surface area contributed by atoms with Crippen LogP contribution in [0.15, 0.2) is 30.3 Å². The largest absolute Gasteiger partial charge is 0.433 e. The van der Waals surface area contributed by atoms with Crippen LogP contribution in [0.4, 0.5) is 19.1 Å². The van der Waals surface area contributed by atoms with Crippen molar-refractivity contribution in [1.29, 1.82) is 0 Å². The smallest absolute Gasteiger partial charge is 0.313 e. The van der Waals surface area contributed by atoms with Crippen LogP contribution in [0.3, 0.4) is 0 Å². The molecule has 1 amide bonds. The number of carbonyl (C=O) groups is 1. The van der Waals surface area contributed by atoms with Crippen molar-refractivity contribution in [3.63, 3.8) is 0 Å². The van der Waals surface area contributed by atoms with Crippen LogP contribution in [-0.4, -0.2) is 25.2 Å². The molecule has 0 saturated heterocycles. The number of imidazole rings is 1. The minimum atomic E-state index is -4.57. The summed E-state index contributed by atoms with van der Waals surface area (Å²) in [6, 6.07) is 8.16. The van der Waals surface area contributed by atoms with E-state index in [0.717, 1.165) is 11.6 Å². The maximum atomic E-state index is 12.9. The summed E-state index contributed by atoms with van der Waals surface area (Å²) in [4.78, 5) is 16.4. The monoisotopic (exact) mass is 337 g/mol. The van der Waals surface area contributed by atoms with Crippen molar-refractivity contribution in [2.24, 2.45) is 7.05 Å². The first kappa shape index (κ1) is 16.0. The van der Waals surface area contributed by atoms with Crippen LogP contribution in [0.1, 0.15) is 11.4 Å². The van der Waals surface area contributed by atoms with E-state index in [0.29, 0.717) is 10.2 Å². The lowest BCUT2D eigenvalue weighted by Gasteiger charge is -2.10. The first-order valence-electron chi connectivity index (χ1n) is 7.08. The summed E-state index contributed by atoms with van der Waals surface area (Å²) in [5, 5.41) is 6.25. The molecule has 24 heavy (non-hydrogen) atoms. The van der Waals surface area contributed by atoms with Gasteiger partial charge in [-0.15, -0.1) is 0 Å². The van der Waals surface area contributed by atoms with Gasteiger partial charge in [-0.1, -0.05) is 12.1 Å². The Hall–Kier alpha value is -2.84. The second-order valence-corrected chi connectivity index (χ2v) is 5.36. The van der Waals surface area contributed by atoms with Crippen molar-refractivity contribution in [1.82, 2.24) is 19.3 Å². The summed E-state index contributed by atoms with van der Waals surface area (Å²) < 4.78 is 41.1. The zero-order valence-corrected chi connectivity index (χ0v) is 12.9. The molecular formula is C15H14F3N5O. The first-order chi connectivity index (χ1) is 11.3. The van der Waals surface area contributed by atoms with Crippen molar-refractivity contribution < 1.29 is 18.0 Å². The highest BCUT2D eigenvalue weighted by Gasteiger charge is 2.35. The third-order valence-corrected chi connectivity index (χ3v) is 3.52. The number of nitrogens with zero attached hydrogens (tertiary/aromatic N) is 4. The lowest BCUT2D eigenvalue weighted by molar-refractivity contribution is -0.144. The number of hydrogen-bond acceptors (Lipinski definition) is 3. The molecule has 3 aromatic rings. The molecule has 1 N–H and O–H groups in total. The normalized spacial score (nSPS) is 11.9. The van der Waals surface area contributed by atoms with Gasteiger partial charge in [0, 0.05) is 7.05 Å². The van der Waals surface area contributed by atoms with E-state index in [4.69, 9.17) is 0 Å². The highest BCUT2D eigenvalue weighted by molar-refractivity contribution is 5.91. The fourth-order valence-electron chi connectivity index (χ4n) is 2.45. The Labute approximate surface area is 134 Å². The maximum absolute atomic E-state index is 12.9. The zero-order valence-electron chi connectivity index (χ0n) is 12.9. The minimum Gasteiger partial charge on any atom is -0.313 e. The second-order valence-electron chi connectivity index (χ2n) is 5.36. The number of anilines is 1. The van der Waals surface area contributed by atoms with Gasteiger partial charge in [0.25, 0.3) is 0 Å². The molecule has 0 radical (unpaired) electrons. The number of hydrogen-bond donors (Lipinski definition) is 1. The standard InChI is InChI=1S/C15H14F3N5O/c1-9-7-12(15(16,17)18)23(21-9)8-13(24)20-14-19-10-5-3-4-6-11(10)22(14)2/h3-7H,8H2,1-2H3,(H,19,20,24). The van der Waals surface area contributed by atoms with Crippen LogP contribution in [0.25, 0.3) is 11.0 Å². The van der Waals surface area contributed by atoms with Crippen molar-refractivity contribution in [2.75, 3.05) is 5.32 Å². The quantitative estimate of drug-likeness (QED) is 0.799. The predicted molar refractivity (Wildman–Crippen MR) is 81.3 cm³/mol. The van der Waals surface area contributed by atoms with Gasteiger partial charge < -0.3 is 4.57 Å². The molecule has 3 rings (SSSR count). The molecule has 0 atom stereocenters. The SMILES string of the molecule is Cc1cc(C(F)(F)F)n(CC(=O)Nc2nc3ccccc3n2C)n1.